The molecule has 2 aromatic heterocycles. The molecule has 1 amide bonds. The van der Waals surface area contributed by atoms with Gasteiger partial charge in [-0.3, -0.25) is 4.79 Å². The molecule has 0 radical (unpaired) electrons. The molecule has 2 unspecified atom stereocenters. The van der Waals surface area contributed by atoms with Crippen molar-refractivity contribution in [1.29, 1.82) is 0 Å². The van der Waals surface area contributed by atoms with Crippen LogP contribution in [-0.4, -0.2) is 75.7 Å². The van der Waals surface area contributed by atoms with Crippen molar-refractivity contribution < 1.29 is 19.0 Å². The van der Waals surface area contributed by atoms with Crippen molar-refractivity contribution in [3.8, 4) is 22.6 Å². The fourth-order valence-electron chi connectivity index (χ4n) is 4.98. The van der Waals surface area contributed by atoms with E-state index in [1.54, 1.807) is 26.5 Å². The molecule has 1 aliphatic carbocycles. The first-order chi connectivity index (χ1) is 17.1. The van der Waals surface area contributed by atoms with Crippen LogP contribution in [0, 0.1) is 0 Å². The lowest BCUT2D eigenvalue weighted by Gasteiger charge is -2.35. The third-order valence-corrected chi connectivity index (χ3v) is 7.11. The fraction of sp³-hybridized carbons (Fsp3) is 0.417. The van der Waals surface area contributed by atoms with E-state index >= 15 is 0 Å². The summed E-state index contributed by atoms with van der Waals surface area (Å²) >= 11 is 0. The lowest BCUT2D eigenvalue weighted by Crippen LogP contribution is -2.51. The second-order valence-corrected chi connectivity index (χ2v) is 8.99. The van der Waals surface area contributed by atoms with Gasteiger partial charge >= 0.3 is 0 Å². The van der Waals surface area contributed by atoms with Gasteiger partial charge in [-0.25, -0.2) is 9.97 Å². The highest BCUT2D eigenvalue weighted by atomic mass is 16.5. The number of fused-ring (bicyclic) bond motifs is 2. The van der Waals surface area contributed by atoms with Gasteiger partial charge in [-0.15, -0.1) is 0 Å². The zero-order valence-corrected chi connectivity index (χ0v) is 19.5. The highest BCUT2D eigenvalue weighted by Gasteiger charge is 2.34. The number of hydrogen-bond donors (Lipinski definition) is 2. The number of carbonyl (C=O) groups is 1. The third-order valence-electron chi connectivity index (χ3n) is 7.11. The number of nitrogen functional groups attached to an aromatic ring is 1. The minimum absolute atomic E-state index is 0.0165. The molecule has 3 N–H and O–H groups in total. The van der Waals surface area contributed by atoms with Crippen LogP contribution in [0.5, 0.6) is 0 Å². The number of anilines is 1. The van der Waals surface area contributed by atoms with Crippen LogP contribution in [-0.2, 0) is 14.2 Å². The molecule has 2 aromatic rings. The molecule has 1 saturated heterocycles. The Kier molecular flexibility index (Phi) is 5.39. The molecule has 182 valence electrons. The number of nitrogens with two attached hydrogens (primary N) is 1. The van der Waals surface area contributed by atoms with Gasteiger partial charge in [-0.05, 0) is 25.0 Å². The standard InChI is InChI=1S/C24H27N7O4/c1-33-19-6-5-16(19)29-24(32)15-10-27-31-21(25)8-17(28-23(15)31)14-9-26-22-13(14)4-3-7-30(22)18-11-35-12-20(18)34-2/h3-4,7-10,16,18-20H,5-6,11-12,25H2,1-2H3,(H,29,32)/t16?,18?,19-,20-/m0/s1. The number of nitrogens with one attached hydrogen (secondary N) is 1. The van der Waals surface area contributed by atoms with Crippen LogP contribution in [0.4, 0.5) is 5.82 Å². The Labute approximate surface area is 201 Å². The summed E-state index contributed by atoms with van der Waals surface area (Å²) in [5.41, 5.74) is 9.45. The molecule has 3 aliphatic heterocycles. The summed E-state index contributed by atoms with van der Waals surface area (Å²) in [5, 5.41) is 7.31. The molecule has 5 heterocycles. The van der Waals surface area contributed by atoms with Crippen molar-refractivity contribution in [3.05, 3.63) is 42.4 Å². The maximum atomic E-state index is 13.0. The summed E-state index contributed by atoms with van der Waals surface area (Å²) in [6.07, 6.45) is 7.07. The molecule has 2 fully saturated rings. The summed E-state index contributed by atoms with van der Waals surface area (Å²) in [6.45, 7) is 1.10. The van der Waals surface area contributed by atoms with Gasteiger partial charge in [0.25, 0.3) is 5.91 Å². The van der Waals surface area contributed by atoms with Crippen molar-refractivity contribution >= 4 is 17.4 Å². The van der Waals surface area contributed by atoms with Crippen LogP contribution in [0.15, 0.2) is 36.8 Å². The smallest absolute Gasteiger partial charge is 0.257 e. The first-order valence-electron chi connectivity index (χ1n) is 11.6. The van der Waals surface area contributed by atoms with E-state index in [4.69, 9.17) is 29.9 Å². The summed E-state index contributed by atoms with van der Waals surface area (Å²) < 4.78 is 20.2. The zero-order chi connectivity index (χ0) is 24.1. The Morgan fingerprint density at radius 1 is 1.17 bits per heavy atom. The van der Waals surface area contributed by atoms with E-state index in [1.165, 1.54) is 10.7 Å². The maximum Gasteiger partial charge on any atom is 0.257 e. The second kappa shape index (κ2) is 8.59. The highest BCUT2D eigenvalue weighted by molar-refractivity contribution is 6.00. The van der Waals surface area contributed by atoms with Crippen molar-refractivity contribution in [1.82, 2.24) is 29.5 Å². The molecular formula is C24H27N7O4. The van der Waals surface area contributed by atoms with E-state index < -0.39 is 0 Å². The van der Waals surface area contributed by atoms with Gasteiger partial charge in [0.2, 0.25) is 0 Å². The van der Waals surface area contributed by atoms with Crippen molar-refractivity contribution in [2.75, 3.05) is 33.2 Å². The topological polar surface area (TPSA) is 131 Å². The normalized spacial score (nSPS) is 24.2. The molecule has 11 nitrogen and oxygen atoms in total. The number of nitrogens with zero attached hydrogens (tertiary/aromatic N) is 5. The second-order valence-electron chi connectivity index (χ2n) is 8.99. The molecule has 0 bridgehead atoms. The number of pyridine rings is 1. The molecule has 0 spiro atoms. The number of methoxy groups -OCH3 is 2. The Bertz CT molecular complexity index is 1360. The molecule has 35 heavy (non-hydrogen) atoms. The van der Waals surface area contributed by atoms with Crippen LogP contribution >= 0.6 is 0 Å². The van der Waals surface area contributed by atoms with Crippen LogP contribution in [0.2, 0.25) is 0 Å². The van der Waals surface area contributed by atoms with Crippen LogP contribution in [0.1, 0.15) is 29.2 Å². The van der Waals surface area contributed by atoms with Gasteiger partial charge < -0.3 is 29.8 Å². The maximum absolute atomic E-state index is 13.0. The van der Waals surface area contributed by atoms with Gasteiger partial charge in [-0.2, -0.15) is 9.61 Å². The minimum Gasteiger partial charge on any atom is -0.384 e. The van der Waals surface area contributed by atoms with E-state index in [9.17, 15) is 4.79 Å². The van der Waals surface area contributed by atoms with E-state index in [1.807, 2.05) is 18.3 Å². The highest BCUT2D eigenvalue weighted by Crippen LogP contribution is 2.36. The number of amides is 1. The van der Waals surface area contributed by atoms with Crippen molar-refractivity contribution in [3.63, 3.8) is 0 Å². The van der Waals surface area contributed by atoms with Crippen molar-refractivity contribution in [2.45, 2.75) is 37.1 Å². The predicted molar refractivity (Wildman–Crippen MR) is 127 cm³/mol. The zero-order valence-electron chi connectivity index (χ0n) is 19.5. The predicted octanol–water partition coefficient (Wildman–Crippen LogP) is 1.77. The Hall–Kier alpha value is -3.54. The van der Waals surface area contributed by atoms with Gasteiger partial charge in [0.15, 0.2) is 5.65 Å². The average Bonchev–Trinajstić information content (AvgIpc) is 3.59. The Morgan fingerprint density at radius 2 is 2.03 bits per heavy atom. The van der Waals surface area contributed by atoms with Crippen LogP contribution in [0.3, 0.4) is 0 Å². The summed E-state index contributed by atoms with van der Waals surface area (Å²) in [6, 6.07) is 5.73. The minimum atomic E-state index is -0.244. The van der Waals surface area contributed by atoms with Crippen molar-refractivity contribution in [2.24, 2.45) is 0 Å². The third kappa shape index (κ3) is 3.54. The first-order valence-corrected chi connectivity index (χ1v) is 11.6. The summed E-state index contributed by atoms with van der Waals surface area (Å²) in [7, 11) is 3.35. The molecule has 0 aromatic carbocycles. The average molecular weight is 478 g/mol. The van der Waals surface area contributed by atoms with Gasteiger partial charge in [0.1, 0.15) is 23.3 Å². The molecule has 11 heteroatoms. The number of ether oxygens (including phenoxy) is 3. The number of aromatic nitrogens is 5. The van der Waals surface area contributed by atoms with Gasteiger partial charge in [-0.1, -0.05) is 0 Å². The molecule has 6 rings (SSSR count). The van der Waals surface area contributed by atoms with E-state index in [0.29, 0.717) is 35.9 Å². The van der Waals surface area contributed by atoms with E-state index in [2.05, 4.69) is 15.0 Å². The summed E-state index contributed by atoms with van der Waals surface area (Å²) in [5.74, 6) is 0.942. The fourth-order valence-corrected chi connectivity index (χ4v) is 4.98. The molecular weight excluding hydrogens is 450 g/mol. The molecule has 4 atom stereocenters. The monoisotopic (exact) mass is 477 g/mol. The van der Waals surface area contributed by atoms with E-state index in [-0.39, 0.29) is 30.2 Å². The lowest BCUT2D eigenvalue weighted by molar-refractivity contribution is 0.00732. The number of hydrogen-bond acceptors (Lipinski definition) is 8. The van der Waals surface area contributed by atoms with Crippen LogP contribution in [0.25, 0.3) is 28.3 Å². The largest absolute Gasteiger partial charge is 0.384 e. The number of carbonyl (C=O) groups excluding carboxylic acids is 1. The van der Waals surface area contributed by atoms with E-state index in [0.717, 1.165) is 29.8 Å². The quantitative estimate of drug-likeness (QED) is 0.430. The Balaban J connectivity index is 1.36. The lowest BCUT2D eigenvalue weighted by atomic mass is 9.89. The SMILES string of the molecule is CO[C@H]1CCC1NC(=O)c1cnn2c(N)cc(-c3cnc4n(C5COC[C@@H]5OC)cccc3-4)nc12. The summed E-state index contributed by atoms with van der Waals surface area (Å²) in [4.78, 5) is 22.5. The Morgan fingerprint density at radius 3 is 2.80 bits per heavy atom. The molecule has 1 saturated carbocycles. The first kappa shape index (κ1) is 22.0. The molecule has 4 aliphatic rings. The van der Waals surface area contributed by atoms with Gasteiger partial charge in [0, 0.05) is 43.8 Å². The van der Waals surface area contributed by atoms with Gasteiger partial charge in [0.05, 0.1) is 43.3 Å². The number of rotatable bonds is 6. The van der Waals surface area contributed by atoms with Crippen LogP contribution < -0.4 is 11.1 Å².